The fraction of sp³-hybridized carbons (Fsp3) is 0.214. The molecule has 0 spiro atoms. The number of halogens is 1. The molecule has 7 nitrogen and oxygen atoms in total. The molecular formula is C28H27ClFeNO6-. The number of nitrogens with one attached hydrogen (secondary N) is 1. The Morgan fingerprint density at radius 1 is 1.00 bits per heavy atom. The Kier molecular flexibility index (Phi) is 11.2. The minimum Gasteiger partial charge on any atom is -0.480 e. The Morgan fingerprint density at radius 3 is 2.03 bits per heavy atom. The largest absolute Gasteiger partial charge is 0.480 e. The summed E-state index contributed by atoms with van der Waals surface area (Å²) in [4.78, 5) is 35.2. The van der Waals surface area contributed by atoms with E-state index in [2.05, 4.69) is 12.2 Å². The van der Waals surface area contributed by atoms with Crippen molar-refractivity contribution in [3.63, 3.8) is 0 Å². The number of ether oxygens (including phenoxy) is 1. The van der Waals surface area contributed by atoms with Crippen LogP contribution in [0.1, 0.15) is 46.3 Å². The molecule has 9 heteroatoms. The van der Waals surface area contributed by atoms with Crippen LogP contribution < -0.4 is 5.32 Å². The summed E-state index contributed by atoms with van der Waals surface area (Å²) in [6, 6.07) is 18.7. The van der Waals surface area contributed by atoms with E-state index in [-0.39, 0.29) is 46.6 Å². The van der Waals surface area contributed by atoms with Crippen molar-refractivity contribution in [3.05, 3.63) is 101 Å². The first kappa shape index (κ1) is 29.9. The molecule has 37 heavy (non-hydrogen) atoms. The number of rotatable bonds is 7. The monoisotopic (exact) mass is 564 g/mol. The first-order chi connectivity index (χ1) is 17.3. The fourth-order valence-corrected chi connectivity index (χ4v) is 4.36. The van der Waals surface area contributed by atoms with Crippen molar-refractivity contribution in [2.45, 2.75) is 31.7 Å². The van der Waals surface area contributed by atoms with Crippen molar-refractivity contribution < 1.29 is 46.4 Å². The molecule has 0 saturated heterocycles. The van der Waals surface area contributed by atoms with Gasteiger partial charge in [0.1, 0.15) is 12.6 Å². The van der Waals surface area contributed by atoms with Crippen molar-refractivity contribution in [2.24, 2.45) is 0 Å². The molecule has 0 saturated carbocycles. The van der Waals surface area contributed by atoms with Crippen LogP contribution in [0.4, 0.5) is 4.79 Å². The average Bonchev–Trinajstić information content (AvgIpc) is 3.16. The Hall–Kier alpha value is -3.32. The van der Waals surface area contributed by atoms with Crippen LogP contribution in [-0.2, 0) is 33.0 Å². The van der Waals surface area contributed by atoms with Gasteiger partial charge < -0.3 is 27.2 Å². The molecule has 1 amide bonds. The second kappa shape index (κ2) is 13.8. The Morgan fingerprint density at radius 2 is 1.54 bits per heavy atom. The smallest absolute Gasteiger partial charge is 0.407 e. The molecule has 0 aliphatic heterocycles. The van der Waals surface area contributed by atoms with Crippen LogP contribution in [0.25, 0.3) is 11.1 Å². The third kappa shape index (κ3) is 7.35. The molecular weight excluding hydrogens is 538 g/mol. The van der Waals surface area contributed by atoms with Crippen molar-refractivity contribution in [2.75, 3.05) is 6.61 Å². The zero-order valence-electron chi connectivity index (χ0n) is 20.1. The van der Waals surface area contributed by atoms with E-state index in [1.165, 1.54) is 18.2 Å². The van der Waals surface area contributed by atoms with Gasteiger partial charge in [-0.1, -0.05) is 73.1 Å². The first-order valence-electron chi connectivity index (χ1n) is 11.4. The molecule has 1 aliphatic rings. The summed E-state index contributed by atoms with van der Waals surface area (Å²) in [5.74, 6) is -2.58. The van der Waals surface area contributed by atoms with E-state index < -0.39 is 24.1 Å². The van der Waals surface area contributed by atoms with Gasteiger partial charge in [0.25, 0.3) is 0 Å². The summed E-state index contributed by atoms with van der Waals surface area (Å²) in [7, 11) is 0. The molecule has 1 aliphatic carbocycles. The summed E-state index contributed by atoms with van der Waals surface area (Å²) < 4.78 is 5.42. The predicted octanol–water partition coefficient (Wildman–Crippen LogP) is 5.80. The number of carboxylic acids is 2. The molecule has 0 aromatic heterocycles. The Labute approximate surface area is 231 Å². The van der Waals surface area contributed by atoms with E-state index in [1.54, 1.807) is 0 Å². The SMILES string of the molecule is O=C(N[C@@H](Cc1ccc(C(=O)O)c(Cl)c1)C(=O)O)OCC1c2ccccc2-c2ccccc21.[CH2-]CC.[Fe]. The van der Waals surface area contributed by atoms with Gasteiger partial charge in [-0.25, -0.2) is 14.4 Å². The van der Waals surface area contributed by atoms with Gasteiger partial charge >= 0.3 is 18.0 Å². The van der Waals surface area contributed by atoms with Crippen LogP contribution in [-0.4, -0.2) is 40.9 Å². The normalized spacial score (nSPS) is 12.1. The van der Waals surface area contributed by atoms with E-state index in [0.717, 1.165) is 28.7 Å². The maximum atomic E-state index is 12.4. The Balaban J connectivity index is 0.00000115. The quantitative estimate of drug-likeness (QED) is 0.247. The second-order valence-electron chi connectivity index (χ2n) is 8.18. The summed E-state index contributed by atoms with van der Waals surface area (Å²) in [5.41, 5.74) is 4.66. The molecule has 196 valence electrons. The number of aliphatic carboxylic acids is 1. The van der Waals surface area contributed by atoms with E-state index in [1.807, 2.05) is 55.5 Å². The molecule has 1 atom stereocenters. The minimum atomic E-state index is -1.27. The Bertz CT molecular complexity index is 1220. The third-order valence-corrected chi connectivity index (χ3v) is 5.95. The molecule has 3 N–H and O–H groups in total. The standard InChI is InChI=1S/C25H20ClNO6.C3H7.Fe/c26-21-11-14(9-10-19(21)23(28)29)12-22(24(30)31)27-25(32)33-13-20-17-7-3-1-5-15(17)16-6-2-4-8-18(16)20;1-3-2;/h1-11,20,22H,12-13H2,(H,27,32)(H,28,29)(H,30,31);1,3H2,2H3;/q;-1;/t22-;;/m0../s1. The zero-order valence-corrected chi connectivity index (χ0v) is 22.0. The van der Waals surface area contributed by atoms with Gasteiger partial charge in [0.05, 0.1) is 10.6 Å². The number of carbonyl (C=O) groups is 3. The van der Waals surface area contributed by atoms with Crippen molar-refractivity contribution >= 4 is 29.6 Å². The van der Waals surface area contributed by atoms with E-state index in [0.29, 0.717) is 5.56 Å². The van der Waals surface area contributed by atoms with Gasteiger partial charge in [-0.15, -0.1) is 0 Å². The molecule has 3 aromatic rings. The van der Waals surface area contributed by atoms with Gasteiger partial charge in [-0.2, -0.15) is 6.42 Å². The number of alkyl carbamates (subject to hydrolysis) is 1. The minimum absolute atomic E-state index is 0. The molecule has 0 radical (unpaired) electrons. The van der Waals surface area contributed by atoms with Gasteiger partial charge in [0.2, 0.25) is 0 Å². The number of amides is 1. The van der Waals surface area contributed by atoms with Crippen LogP contribution in [0, 0.1) is 6.92 Å². The zero-order chi connectivity index (χ0) is 26.2. The van der Waals surface area contributed by atoms with Crippen LogP contribution in [0.3, 0.4) is 0 Å². The van der Waals surface area contributed by atoms with Crippen LogP contribution in [0.5, 0.6) is 0 Å². The molecule has 0 unspecified atom stereocenters. The van der Waals surface area contributed by atoms with Gasteiger partial charge in [0.15, 0.2) is 0 Å². The third-order valence-electron chi connectivity index (χ3n) is 5.64. The number of hydrogen-bond acceptors (Lipinski definition) is 4. The molecule has 3 aromatic carbocycles. The number of aromatic carboxylic acids is 1. The summed E-state index contributed by atoms with van der Waals surface area (Å²) in [6.07, 6.45) is 0.0663. The number of hydrogen-bond donors (Lipinski definition) is 3. The topological polar surface area (TPSA) is 113 Å². The average molecular weight is 565 g/mol. The van der Waals surface area contributed by atoms with Crippen molar-refractivity contribution in [1.29, 1.82) is 0 Å². The number of fused-ring (bicyclic) bond motifs is 3. The van der Waals surface area contributed by atoms with Gasteiger partial charge in [0, 0.05) is 29.4 Å². The second-order valence-corrected chi connectivity index (χ2v) is 8.59. The summed E-state index contributed by atoms with van der Waals surface area (Å²) >= 11 is 5.96. The predicted molar refractivity (Wildman–Crippen MR) is 137 cm³/mol. The molecule has 0 bridgehead atoms. The summed E-state index contributed by atoms with van der Waals surface area (Å²) in [6.45, 7) is 5.56. The maximum absolute atomic E-state index is 12.4. The van der Waals surface area contributed by atoms with Crippen LogP contribution >= 0.6 is 11.6 Å². The fourth-order valence-electron chi connectivity index (χ4n) is 4.08. The number of carboxylic acid groups (broad SMARTS) is 2. The number of benzene rings is 3. The van der Waals surface area contributed by atoms with Crippen molar-refractivity contribution in [1.82, 2.24) is 5.32 Å². The van der Waals surface area contributed by atoms with Crippen molar-refractivity contribution in [3.8, 4) is 11.1 Å². The van der Waals surface area contributed by atoms with E-state index >= 15 is 0 Å². The van der Waals surface area contributed by atoms with Gasteiger partial charge in [-0.3, -0.25) is 0 Å². The molecule has 4 rings (SSSR count). The molecule has 0 heterocycles. The maximum Gasteiger partial charge on any atom is 0.407 e. The number of carbonyl (C=O) groups excluding carboxylic acids is 1. The molecule has 0 fully saturated rings. The van der Waals surface area contributed by atoms with E-state index in [4.69, 9.17) is 21.4 Å². The van der Waals surface area contributed by atoms with Crippen LogP contribution in [0.2, 0.25) is 5.02 Å². The van der Waals surface area contributed by atoms with Crippen LogP contribution in [0.15, 0.2) is 66.7 Å². The van der Waals surface area contributed by atoms with E-state index in [9.17, 15) is 19.5 Å². The first-order valence-corrected chi connectivity index (χ1v) is 11.8. The summed E-state index contributed by atoms with van der Waals surface area (Å²) in [5, 5.41) is 21.0. The van der Waals surface area contributed by atoms with Gasteiger partial charge in [-0.05, 0) is 39.9 Å².